The number of benzene rings is 2. The Hall–Kier alpha value is -2.84. The molecule has 0 bridgehead atoms. The zero-order valence-corrected chi connectivity index (χ0v) is 12.3. The topological polar surface area (TPSA) is 67.9 Å². The molecule has 0 atom stereocenters. The molecule has 0 aliphatic rings. The predicted molar refractivity (Wildman–Crippen MR) is 83.6 cm³/mol. The van der Waals surface area contributed by atoms with E-state index in [9.17, 15) is 4.79 Å². The molecule has 5 nitrogen and oxygen atoms in total. The van der Waals surface area contributed by atoms with Crippen LogP contribution in [0.5, 0.6) is 5.75 Å². The van der Waals surface area contributed by atoms with Crippen LogP contribution in [0, 0.1) is 11.3 Å². The molecule has 0 N–H and O–H groups in total. The second-order valence-electron chi connectivity index (χ2n) is 4.56. The highest BCUT2D eigenvalue weighted by Gasteiger charge is 2.12. The quantitative estimate of drug-likeness (QED) is 0.729. The number of ether oxygens (including phenoxy) is 1. The van der Waals surface area contributed by atoms with E-state index in [1.165, 1.54) is 17.9 Å². The van der Waals surface area contributed by atoms with Crippen molar-refractivity contribution in [3.05, 3.63) is 63.5 Å². The number of fused-ring (bicyclic) bond motifs is 1. The lowest BCUT2D eigenvalue weighted by Crippen LogP contribution is -2.19. The second kappa shape index (κ2) is 5.51. The van der Waals surface area contributed by atoms with E-state index in [-0.39, 0.29) is 5.56 Å². The zero-order chi connectivity index (χ0) is 15.7. The molecule has 0 radical (unpaired) electrons. The van der Waals surface area contributed by atoms with Crippen molar-refractivity contribution in [2.75, 3.05) is 7.11 Å². The Morgan fingerprint density at radius 1 is 1.27 bits per heavy atom. The molecule has 0 aliphatic heterocycles. The summed E-state index contributed by atoms with van der Waals surface area (Å²) in [6, 6.07) is 12.0. The molecule has 0 amide bonds. The van der Waals surface area contributed by atoms with E-state index in [1.807, 2.05) is 0 Å². The molecule has 1 aromatic heterocycles. The summed E-state index contributed by atoms with van der Waals surface area (Å²) in [6.45, 7) is 0. The predicted octanol–water partition coefficient (Wildman–Crippen LogP) is 2.92. The monoisotopic (exact) mass is 311 g/mol. The maximum absolute atomic E-state index is 12.3. The van der Waals surface area contributed by atoms with Gasteiger partial charge < -0.3 is 4.74 Å². The summed E-state index contributed by atoms with van der Waals surface area (Å²) >= 11 is 6.05. The van der Waals surface area contributed by atoms with E-state index in [1.54, 1.807) is 36.4 Å². The van der Waals surface area contributed by atoms with E-state index < -0.39 is 0 Å². The van der Waals surface area contributed by atoms with Crippen LogP contribution in [0.2, 0.25) is 5.02 Å². The van der Waals surface area contributed by atoms with Crippen LogP contribution in [0.3, 0.4) is 0 Å². The first-order valence-corrected chi connectivity index (χ1v) is 6.77. The smallest absolute Gasteiger partial charge is 0.274 e. The maximum atomic E-state index is 12.3. The molecule has 3 rings (SSSR count). The Balaban J connectivity index is 2.45. The van der Waals surface area contributed by atoms with Crippen LogP contribution in [0.4, 0.5) is 0 Å². The van der Waals surface area contributed by atoms with Gasteiger partial charge in [-0.1, -0.05) is 11.6 Å². The summed E-state index contributed by atoms with van der Waals surface area (Å²) in [6.07, 6.45) is 1.23. The van der Waals surface area contributed by atoms with Crippen LogP contribution in [0.15, 0.2) is 47.4 Å². The number of halogens is 1. The molecule has 0 fully saturated rings. The Kier molecular flexibility index (Phi) is 3.53. The molecule has 2 aromatic carbocycles. The lowest BCUT2D eigenvalue weighted by Gasteiger charge is -2.13. The average molecular weight is 312 g/mol. The van der Waals surface area contributed by atoms with Crippen molar-refractivity contribution in [1.82, 2.24) is 9.55 Å². The molecular formula is C16H10ClN3O2. The minimum atomic E-state index is -0.330. The van der Waals surface area contributed by atoms with Crippen LogP contribution in [-0.4, -0.2) is 16.7 Å². The van der Waals surface area contributed by atoms with Gasteiger partial charge in [0.2, 0.25) is 0 Å². The second-order valence-corrected chi connectivity index (χ2v) is 5.00. The van der Waals surface area contributed by atoms with E-state index in [4.69, 9.17) is 21.6 Å². The molecule has 0 saturated heterocycles. The van der Waals surface area contributed by atoms with Gasteiger partial charge in [0.1, 0.15) is 5.75 Å². The molecular weight excluding hydrogens is 302 g/mol. The fourth-order valence-electron chi connectivity index (χ4n) is 2.27. The van der Waals surface area contributed by atoms with Crippen LogP contribution < -0.4 is 10.3 Å². The van der Waals surface area contributed by atoms with E-state index in [2.05, 4.69) is 11.1 Å². The first-order chi connectivity index (χ1) is 10.6. The Labute approximate surface area is 131 Å². The molecule has 108 valence electrons. The molecule has 0 saturated carbocycles. The SMILES string of the molecule is COc1ccc(Cl)cc1-n1c(=O)cnc2ccc(C#N)cc21. The number of nitriles is 1. The van der Waals surface area contributed by atoms with Crippen LogP contribution >= 0.6 is 11.6 Å². The van der Waals surface area contributed by atoms with Crippen LogP contribution in [0.25, 0.3) is 16.7 Å². The number of nitrogens with zero attached hydrogens (tertiary/aromatic N) is 3. The van der Waals surface area contributed by atoms with Gasteiger partial charge in [-0.2, -0.15) is 5.26 Å². The number of hydrogen-bond donors (Lipinski definition) is 0. The van der Waals surface area contributed by atoms with E-state index >= 15 is 0 Å². The van der Waals surface area contributed by atoms with Crippen LogP contribution in [-0.2, 0) is 0 Å². The highest BCUT2D eigenvalue weighted by atomic mass is 35.5. The van der Waals surface area contributed by atoms with Crippen molar-refractivity contribution in [2.24, 2.45) is 0 Å². The molecule has 0 spiro atoms. The number of aromatic nitrogens is 2. The van der Waals surface area contributed by atoms with E-state index in [0.717, 1.165) is 0 Å². The van der Waals surface area contributed by atoms with Gasteiger partial charge >= 0.3 is 0 Å². The summed E-state index contributed by atoms with van der Waals surface area (Å²) in [5, 5.41) is 9.55. The zero-order valence-electron chi connectivity index (χ0n) is 11.6. The Morgan fingerprint density at radius 2 is 2.09 bits per heavy atom. The Morgan fingerprint density at radius 3 is 2.82 bits per heavy atom. The number of methoxy groups -OCH3 is 1. The molecule has 22 heavy (non-hydrogen) atoms. The minimum absolute atomic E-state index is 0.330. The first kappa shape index (κ1) is 14.1. The normalized spacial score (nSPS) is 10.4. The third kappa shape index (κ3) is 2.30. The molecule has 0 aliphatic carbocycles. The highest BCUT2D eigenvalue weighted by Crippen LogP contribution is 2.27. The summed E-state index contributed by atoms with van der Waals surface area (Å²) in [7, 11) is 1.52. The van der Waals surface area contributed by atoms with Crippen molar-refractivity contribution in [3.8, 4) is 17.5 Å². The van der Waals surface area contributed by atoms with Gasteiger partial charge in [0.25, 0.3) is 5.56 Å². The van der Waals surface area contributed by atoms with Gasteiger partial charge in [0.15, 0.2) is 0 Å². The maximum Gasteiger partial charge on any atom is 0.274 e. The van der Waals surface area contributed by atoms with E-state index in [0.29, 0.717) is 33.1 Å². The molecule has 1 heterocycles. The first-order valence-electron chi connectivity index (χ1n) is 6.40. The minimum Gasteiger partial charge on any atom is -0.495 e. The highest BCUT2D eigenvalue weighted by molar-refractivity contribution is 6.30. The van der Waals surface area contributed by atoms with Crippen molar-refractivity contribution < 1.29 is 4.74 Å². The van der Waals surface area contributed by atoms with Gasteiger partial charge in [-0.25, -0.2) is 4.98 Å². The summed E-state index contributed by atoms with van der Waals surface area (Å²) in [5.41, 5.74) is 1.73. The molecule has 0 unspecified atom stereocenters. The standard InChI is InChI=1S/C16H10ClN3O2/c1-22-15-5-3-11(17)7-14(15)20-13-6-10(8-18)2-4-12(13)19-9-16(20)21/h2-7,9H,1H3. The van der Waals surface area contributed by atoms with Gasteiger partial charge in [0, 0.05) is 5.02 Å². The van der Waals surface area contributed by atoms with Crippen LogP contribution in [0.1, 0.15) is 5.56 Å². The largest absolute Gasteiger partial charge is 0.495 e. The lowest BCUT2D eigenvalue weighted by molar-refractivity contribution is 0.413. The van der Waals surface area contributed by atoms with Crippen molar-refractivity contribution in [3.63, 3.8) is 0 Å². The third-order valence-corrected chi connectivity index (χ3v) is 3.50. The third-order valence-electron chi connectivity index (χ3n) is 3.26. The summed E-state index contributed by atoms with van der Waals surface area (Å²) in [5.74, 6) is 0.501. The molecule has 3 aromatic rings. The van der Waals surface area contributed by atoms with Gasteiger partial charge in [-0.05, 0) is 36.4 Å². The lowest BCUT2D eigenvalue weighted by atomic mass is 10.2. The summed E-state index contributed by atoms with van der Waals surface area (Å²) < 4.78 is 6.75. The van der Waals surface area contributed by atoms with Gasteiger partial charge in [-0.3, -0.25) is 9.36 Å². The van der Waals surface area contributed by atoms with Crippen molar-refractivity contribution >= 4 is 22.6 Å². The molecule has 6 heteroatoms. The fraction of sp³-hybridized carbons (Fsp3) is 0.0625. The number of hydrogen-bond acceptors (Lipinski definition) is 4. The van der Waals surface area contributed by atoms with Gasteiger partial charge in [0.05, 0.1) is 41.7 Å². The average Bonchev–Trinajstić information content (AvgIpc) is 2.54. The summed E-state index contributed by atoms with van der Waals surface area (Å²) in [4.78, 5) is 16.4. The number of rotatable bonds is 2. The van der Waals surface area contributed by atoms with Crippen molar-refractivity contribution in [1.29, 1.82) is 5.26 Å². The van der Waals surface area contributed by atoms with Gasteiger partial charge in [-0.15, -0.1) is 0 Å². The van der Waals surface area contributed by atoms with Crippen molar-refractivity contribution in [2.45, 2.75) is 0 Å². The Bertz CT molecular complexity index is 973. The fourth-order valence-corrected chi connectivity index (χ4v) is 2.44.